The SMILES string of the molecule is Cc1ccc(C(=O)C2CCC(C(=O)O)CC2)cc1. The van der Waals surface area contributed by atoms with Crippen LogP contribution in [0.25, 0.3) is 0 Å². The average molecular weight is 246 g/mol. The van der Waals surface area contributed by atoms with Gasteiger partial charge in [-0.2, -0.15) is 0 Å². The molecule has 0 radical (unpaired) electrons. The van der Waals surface area contributed by atoms with E-state index in [0.29, 0.717) is 25.7 Å². The van der Waals surface area contributed by atoms with Crippen LogP contribution in [0.1, 0.15) is 41.6 Å². The molecule has 0 amide bonds. The van der Waals surface area contributed by atoms with E-state index < -0.39 is 5.97 Å². The Morgan fingerprint density at radius 1 is 1.00 bits per heavy atom. The number of carbonyl (C=O) groups excluding carboxylic acids is 1. The average Bonchev–Trinajstić information content (AvgIpc) is 2.39. The van der Waals surface area contributed by atoms with E-state index in [-0.39, 0.29) is 17.6 Å². The van der Waals surface area contributed by atoms with E-state index in [1.807, 2.05) is 31.2 Å². The second-order valence-electron chi connectivity index (χ2n) is 5.12. The van der Waals surface area contributed by atoms with Gasteiger partial charge < -0.3 is 5.11 Å². The number of hydrogen-bond acceptors (Lipinski definition) is 2. The van der Waals surface area contributed by atoms with Crippen LogP contribution in [-0.2, 0) is 4.79 Å². The molecule has 0 spiro atoms. The van der Waals surface area contributed by atoms with Crippen molar-refractivity contribution < 1.29 is 14.7 Å². The number of rotatable bonds is 3. The first-order valence-electron chi connectivity index (χ1n) is 6.41. The maximum atomic E-state index is 12.2. The van der Waals surface area contributed by atoms with Crippen LogP contribution in [0.2, 0.25) is 0 Å². The minimum absolute atomic E-state index is 0.00306. The molecular weight excluding hydrogens is 228 g/mol. The van der Waals surface area contributed by atoms with E-state index in [4.69, 9.17) is 5.11 Å². The Morgan fingerprint density at radius 2 is 1.50 bits per heavy atom. The topological polar surface area (TPSA) is 54.4 Å². The highest BCUT2D eigenvalue weighted by Crippen LogP contribution is 2.31. The fourth-order valence-corrected chi connectivity index (χ4v) is 2.56. The lowest BCUT2D eigenvalue weighted by Gasteiger charge is -2.25. The fourth-order valence-electron chi connectivity index (χ4n) is 2.56. The van der Waals surface area contributed by atoms with Crippen molar-refractivity contribution in [1.82, 2.24) is 0 Å². The molecule has 0 aromatic heterocycles. The molecule has 1 saturated carbocycles. The van der Waals surface area contributed by atoms with Gasteiger partial charge in [0.25, 0.3) is 0 Å². The molecule has 1 fully saturated rings. The molecule has 0 atom stereocenters. The van der Waals surface area contributed by atoms with Crippen LogP contribution in [0.4, 0.5) is 0 Å². The molecule has 0 bridgehead atoms. The van der Waals surface area contributed by atoms with Gasteiger partial charge >= 0.3 is 5.97 Å². The van der Waals surface area contributed by atoms with Crippen LogP contribution in [0, 0.1) is 18.8 Å². The Balaban J connectivity index is 1.99. The normalized spacial score (nSPS) is 23.6. The van der Waals surface area contributed by atoms with Gasteiger partial charge in [0.1, 0.15) is 0 Å². The summed E-state index contributed by atoms with van der Waals surface area (Å²) in [5.74, 6) is -0.814. The van der Waals surface area contributed by atoms with Crippen molar-refractivity contribution in [3.05, 3.63) is 35.4 Å². The minimum Gasteiger partial charge on any atom is -0.481 e. The maximum absolute atomic E-state index is 12.2. The van der Waals surface area contributed by atoms with Crippen LogP contribution in [0.3, 0.4) is 0 Å². The molecule has 1 aromatic rings. The number of benzene rings is 1. The number of hydrogen-bond donors (Lipinski definition) is 1. The van der Waals surface area contributed by atoms with E-state index in [1.54, 1.807) is 0 Å². The molecule has 1 aromatic carbocycles. The Kier molecular flexibility index (Phi) is 3.80. The summed E-state index contributed by atoms with van der Waals surface area (Å²) in [6.45, 7) is 1.99. The van der Waals surface area contributed by atoms with Crippen LogP contribution in [0.5, 0.6) is 0 Å². The lowest BCUT2D eigenvalue weighted by atomic mass is 9.78. The summed E-state index contributed by atoms with van der Waals surface area (Å²) in [5.41, 5.74) is 1.89. The Labute approximate surface area is 107 Å². The summed E-state index contributed by atoms with van der Waals surface area (Å²) in [6, 6.07) is 7.61. The van der Waals surface area contributed by atoms with Gasteiger partial charge in [-0.1, -0.05) is 29.8 Å². The molecule has 1 aliphatic rings. The van der Waals surface area contributed by atoms with Gasteiger partial charge in [0.15, 0.2) is 5.78 Å². The van der Waals surface area contributed by atoms with Gasteiger partial charge in [0, 0.05) is 11.5 Å². The third-order valence-electron chi connectivity index (χ3n) is 3.78. The van der Waals surface area contributed by atoms with E-state index in [2.05, 4.69) is 0 Å². The molecule has 1 aliphatic carbocycles. The summed E-state index contributed by atoms with van der Waals surface area (Å²) in [7, 11) is 0. The standard InChI is InChI=1S/C15H18O3/c1-10-2-4-11(5-3-10)14(16)12-6-8-13(9-7-12)15(17)18/h2-5,12-13H,6-9H2,1H3,(H,17,18). The molecule has 0 aliphatic heterocycles. The molecule has 1 N–H and O–H groups in total. The predicted molar refractivity (Wildman–Crippen MR) is 68.6 cm³/mol. The number of Topliss-reactive ketones (excluding diaryl/α,β-unsaturated/α-hetero) is 1. The number of carboxylic acids is 1. The molecule has 3 nitrogen and oxygen atoms in total. The smallest absolute Gasteiger partial charge is 0.306 e. The number of aryl methyl sites for hydroxylation is 1. The first-order chi connectivity index (χ1) is 8.58. The van der Waals surface area contributed by atoms with Crippen molar-refractivity contribution in [2.45, 2.75) is 32.6 Å². The molecule has 3 heteroatoms. The van der Waals surface area contributed by atoms with Crippen molar-refractivity contribution >= 4 is 11.8 Å². The third kappa shape index (κ3) is 2.78. The summed E-state index contributed by atoms with van der Waals surface area (Å²) >= 11 is 0. The van der Waals surface area contributed by atoms with Crippen molar-refractivity contribution in [2.24, 2.45) is 11.8 Å². The first-order valence-corrected chi connectivity index (χ1v) is 6.41. The van der Waals surface area contributed by atoms with E-state index in [9.17, 15) is 9.59 Å². The van der Waals surface area contributed by atoms with Gasteiger partial charge in [-0.3, -0.25) is 9.59 Å². The van der Waals surface area contributed by atoms with Gasteiger partial charge in [0.05, 0.1) is 5.92 Å². The van der Waals surface area contributed by atoms with Crippen molar-refractivity contribution in [2.75, 3.05) is 0 Å². The Morgan fingerprint density at radius 3 is 2.00 bits per heavy atom. The molecule has 0 saturated heterocycles. The summed E-state index contributed by atoms with van der Waals surface area (Å²) in [6.07, 6.45) is 2.64. The first kappa shape index (κ1) is 12.8. The predicted octanol–water partition coefficient (Wildman–Crippen LogP) is 3.07. The van der Waals surface area contributed by atoms with Crippen LogP contribution >= 0.6 is 0 Å². The minimum atomic E-state index is -0.726. The Hall–Kier alpha value is -1.64. The zero-order valence-electron chi connectivity index (χ0n) is 10.6. The Bertz CT molecular complexity index is 439. The van der Waals surface area contributed by atoms with Crippen molar-refractivity contribution in [3.63, 3.8) is 0 Å². The molecule has 18 heavy (non-hydrogen) atoms. The fraction of sp³-hybridized carbons (Fsp3) is 0.467. The molecule has 0 unspecified atom stereocenters. The number of aliphatic carboxylic acids is 1. The highest BCUT2D eigenvalue weighted by atomic mass is 16.4. The van der Waals surface area contributed by atoms with Gasteiger partial charge in [0.2, 0.25) is 0 Å². The third-order valence-corrected chi connectivity index (χ3v) is 3.78. The second-order valence-corrected chi connectivity index (χ2v) is 5.12. The lowest BCUT2D eigenvalue weighted by molar-refractivity contribution is -0.143. The zero-order valence-corrected chi connectivity index (χ0v) is 10.6. The van der Waals surface area contributed by atoms with E-state index in [1.165, 1.54) is 0 Å². The second kappa shape index (κ2) is 5.34. The highest BCUT2D eigenvalue weighted by molar-refractivity contribution is 5.98. The molecule has 96 valence electrons. The highest BCUT2D eigenvalue weighted by Gasteiger charge is 2.29. The van der Waals surface area contributed by atoms with Gasteiger partial charge in [-0.25, -0.2) is 0 Å². The largest absolute Gasteiger partial charge is 0.481 e. The zero-order chi connectivity index (χ0) is 13.1. The molecular formula is C15H18O3. The summed E-state index contributed by atoms with van der Waals surface area (Å²) < 4.78 is 0. The van der Waals surface area contributed by atoms with Gasteiger partial charge in [-0.15, -0.1) is 0 Å². The molecule has 0 heterocycles. The van der Waals surface area contributed by atoms with Crippen LogP contribution in [0.15, 0.2) is 24.3 Å². The van der Waals surface area contributed by atoms with Gasteiger partial charge in [-0.05, 0) is 32.6 Å². The summed E-state index contributed by atoms with van der Waals surface area (Å²) in [5, 5.41) is 8.93. The monoisotopic (exact) mass is 246 g/mol. The lowest BCUT2D eigenvalue weighted by Crippen LogP contribution is -2.25. The van der Waals surface area contributed by atoms with Crippen molar-refractivity contribution in [1.29, 1.82) is 0 Å². The van der Waals surface area contributed by atoms with Crippen molar-refractivity contribution in [3.8, 4) is 0 Å². The summed E-state index contributed by atoms with van der Waals surface area (Å²) in [4.78, 5) is 23.1. The quantitative estimate of drug-likeness (QED) is 0.834. The number of carboxylic acid groups (broad SMARTS) is 1. The van der Waals surface area contributed by atoms with E-state index >= 15 is 0 Å². The number of carbonyl (C=O) groups is 2. The van der Waals surface area contributed by atoms with E-state index in [0.717, 1.165) is 11.1 Å². The number of ketones is 1. The van der Waals surface area contributed by atoms with Crippen LogP contribution < -0.4 is 0 Å². The van der Waals surface area contributed by atoms with Crippen LogP contribution in [-0.4, -0.2) is 16.9 Å². The maximum Gasteiger partial charge on any atom is 0.306 e. The molecule has 2 rings (SSSR count).